The topological polar surface area (TPSA) is 38.0 Å². The maximum Gasteiger partial charge on any atom is 0.0198 e. The van der Waals surface area contributed by atoms with Crippen molar-refractivity contribution in [1.29, 1.82) is 0 Å². The average Bonchev–Trinajstić information content (AvgIpc) is 2.67. The molecule has 0 saturated carbocycles. The van der Waals surface area contributed by atoms with Crippen LogP contribution < -0.4 is 11.1 Å². The molecule has 2 heteroatoms. The number of nitrogens with one attached hydrogen (secondary N) is 1. The Morgan fingerprint density at radius 2 is 1.38 bits per heavy atom. The van der Waals surface area contributed by atoms with Gasteiger partial charge in [-0.2, -0.15) is 0 Å². The largest absolute Gasteiger partial charge is 0.394 e. The Kier molecular flexibility index (Phi) is 5.09. The SMILES string of the molecule is CN/C=C(\CN)c1cccc(-c2ccc(-c3ccccc3)cc2)c1. The van der Waals surface area contributed by atoms with Crippen LogP contribution in [0, 0.1) is 0 Å². The van der Waals surface area contributed by atoms with Gasteiger partial charge < -0.3 is 11.1 Å². The molecule has 0 heterocycles. The molecule has 2 nitrogen and oxygen atoms in total. The van der Waals surface area contributed by atoms with Gasteiger partial charge in [0.2, 0.25) is 0 Å². The van der Waals surface area contributed by atoms with Crippen molar-refractivity contribution in [2.24, 2.45) is 5.73 Å². The van der Waals surface area contributed by atoms with E-state index in [0.717, 1.165) is 11.1 Å². The second-order valence-electron chi connectivity index (χ2n) is 5.69. The maximum absolute atomic E-state index is 5.86. The van der Waals surface area contributed by atoms with Crippen molar-refractivity contribution < 1.29 is 0 Å². The molecule has 0 fully saturated rings. The van der Waals surface area contributed by atoms with E-state index < -0.39 is 0 Å². The molecule has 0 aromatic heterocycles. The summed E-state index contributed by atoms with van der Waals surface area (Å²) in [6, 6.07) is 27.6. The van der Waals surface area contributed by atoms with Gasteiger partial charge in [-0.05, 0) is 39.5 Å². The zero-order valence-electron chi connectivity index (χ0n) is 13.9. The van der Waals surface area contributed by atoms with Crippen LogP contribution in [0.2, 0.25) is 0 Å². The van der Waals surface area contributed by atoms with Gasteiger partial charge in [0.1, 0.15) is 0 Å². The fourth-order valence-corrected chi connectivity index (χ4v) is 2.82. The highest BCUT2D eigenvalue weighted by Gasteiger charge is 2.04. The summed E-state index contributed by atoms with van der Waals surface area (Å²) >= 11 is 0. The Morgan fingerprint density at radius 1 is 0.792 bits per heavy atom. The number of rotatable bonds is 5. The molecule has 3 aromatic carbocycles. The normalized spacial score (nSPS) is 11.3. The third kappa shape index (κ3) is 3.55. The third-order valence-electron chi connectivity index (χ3n) is 4.10. The smallest absolute Gasteiger partial charge is 0.0198 e. The fourth-order valence-electron chi connectivity index (χ4n) is 2.82. The van der Waals surface area contributed by atoms with Gasteiger partial charge in [0, 0.05) is 19.8 Å². The van der Waals surface area contributed by atoms with Gasteiger partial charge in [-0.3, -0.25) is 0 Å². The first-order chi connectivity index (χ1) is 11.8. The van der Waals surface area contributed by atoms with Gasteiger partial charge in [0.15, 0.2) is 0 Å². The molecule has 0 radical (unpaired) electrons. The van der Waals surface area contributed by atoms with Crippen molar-refractivity contribution in [3.63, 3.8) is 0 Å². The molecule has 0 bridgehead atoms. The van der Waals surface area contributed by atoms with Crippen LogP contribution >= 0.6 is 0 Å². The van der Waals surface area contributed by atoms with Crippen molar-refractivity contribution in [3.05, 3.63) is 90.6 Å². The summed E-state index contributed by atoms with van der Waals surface area (Å²) in [6.07, 6.45) is 1.96. The Morgan fingerprint density at radius 3 is 2.00 bits per heavy atom. The molecule has 0 amide bonds. The Hall–Kier alpha value is -2.84. The van der Waals surface area contributed by atoms with Gasteiger partial charge >= 0.3 is 0 Å². The minimum atomic E-state index is 0.511. The van der Waals surface area contributed by atoms with E-state index >= 15 is 0 Å². The standard InChI is InChI=1S/C22H22N2/c1-24-16-22(15-23)21-9-5-8-20(14-21)19-12-10-18(11-13-19)17-6-3-2-4-7-17/h2-14,16,24H,15,23H2,1H3/b22-16+. The summed E-state index contributed by atoms with van der Waals surface area (Å²) in [4.78, 5) is 0. The van der Waals surface area contributed by atoms with Crippen LogP contribution in [0.1, 0.15) is 5.56 Å². The minimum Gasteiger partial charge on any atom is -0.394 e. The lowest BCUT2D eigenvalue weighted by Gasteiger charge is -2.09. The highest BCUT2D eigenvalue weighted by atomic mass is 14.8. The summed E-state index contributed by atoms with van der Waals surface area (Å²) in [5.41, 5.74) is 13.0. The van der Waals surface area contributed by atoms with Crippen LogP contribution in [0.3, 0.4) is 0 Å². The first-order valence-electron chi connectivity index (χ1n) is 8.14. The zero-order chi connectivity index (χ0) is 16.8. The quantitative estimate of drug-likeness (QED) is 0.725. The van der Waals surface area contributed by atoms with Crippen molar-refractivity contribution in [2.45, 2.75) is 0 Å². The van der Waals surface area contributed by atoms with E-state index in [0.29, 0.717) is 6.54 Å². The Labute approximate surface area is 143 Å². The van der Waals surface area contributed by atoms with E-state index in [1.807, 2.05) is 19.3 Å². The molecular weight excluding hydrogens is 292 g/mol. The summed E-state index contributed by atoms with van der Waals surface area (Å²) < 4.78 is 0. The van der Waals surface area contributed by atoms with Crippen LogP contribution in [0.5, 0.6) is 0 Å². The van der Waals surface area contributed by atoms with Crippen molar-refractivity contribution >= 4 is 5.57 Å². The highest BCUT2D eigenvalue weighted by molar-refractivity contribution is 5.75. The predicted molar refractivity (Wildman–Crippen MR) is 103 cm³/mol. The molecule has 0 aliphatic carbocycles. The van der Waals surface area contributed by atoms with Crippen molar-refractivity contribution in [2.75, 3.05) is 13.6 Å². The number of benzene rings is 3. The van der Waals surface area contributed by atoms with Crippen molar-refractivity contribution in [1.82, 2.24) is 5.32 Å². The highest BCUT2D eigenvalue weighted by Crippen LogP contribution is 2.26. The molecule has 0 atom stereocenters. The van der Waals surface area contributed by atoms with Gasteiger partial charge in [-0.15, -0.1) is 0 Å². The van der Waals surface area contributed by atoms with Crippen LogP contribution in [0.4, 0.5) is 0 Å². The van der Waals surface area contributed by atoms with Crippen molar-refractivity contribution in [3.8, 4) is 22.3 Å². The molecule has 0 saturated heterocycles. The molecule has 3 aromatic rings. The summed E-state index contributed by atoms with van der Waals surface area (Å²) in [5, 5.41) is 3.06. The number of nitrogens with two attached hydrogens (primary N) is 1. The van der Waals surface area contributed by atoms with E-state index in [9.17, 15) is 0 Å². The molecule has 24 heavy (non-hydrogen) atoms. The van der Waals surface area contributed by atoms with Gasteiger partial charge in [-0.25, -0.2) is 0 Å². The first kappa shape index (κ1) is 16.0. The number of hydrogen-bond acceptors (Lipinski definition) is 2. The second-order valence-corrected chi connectivity index (χ2v) is 5.69. The predicted octanol–water partition coefficient (Wildman–Crippen LogP) is 4.54. The number of hydrogen-bond donors (Lipinski definition) is 2. The zero-order valence-corrected chi connectivity index (χ0v) is 13.9. The summed E-state index contributed by atoms with van der Waals surface area (Å²) in [5.74, 6) is 0. The third-order valence-corrected chi connectivity index (χ3v) is 4.10. The van der Waals surface area contributed by atoms with E-state index in [2.05, 4.69) is 78.1 Å². The second kappa shape index (κ2) is 7.62. The molecule has 3 N–H and O–H groups in total. The minimum absolute atomic E-state index is 0.511. The van der Waals surface area contributed by atoms with Gasteiger partial charge in [0.05, 0.1) is 0 Å². The molecule has 120 valence electrons. The van der Waals surface area contributed by atoms with E-state index in [-0.39, 0.29) is 0 Å². The summed E-state index contributed by atoms with van der Waals surface area (Å²) in [7, 11) is 1.89. The maximum atomic E-state index is 5.86. The van der Waals surface area contributed by atoms with E-state index in [4.69, 9.17) is 5.73 Å². The molecule has 0 aliphatic heterocycles. The van der Waals surface area contributed by atoms with Crippen LogP contribution in [0.25, 0.3) is 27.8 Å². The van der Waals surface area contributed by atoms with E-state index in [1.165, 1.54) is 22.3 Å². The van der Waals surface area contributed by atoms with E-state index in [1.54, 1.807) is 0 Å². The first-order valence-corrected chi connectivity index (χ1v) is 8.14. The molecule has 0 aliphatic rings. The molecular formula is C22H22N2. The molecule has 0 unspecified atom stereocenters. The van der Waals surface area contributed by atoms with Crippen LogP contribution in [-0.4, -0.2) is 13.6 Å². The lowest BCUT2D eigenvalue weighted by molar-refractivity contribution is 1.09. The Bertz CT molecular complexity index is 818. The Balaban J connectivity index is 1.91. The van der Waals surface area contributed by atoms with Gasteiger partial charge in [-0.1, -0.05) is 72.8 Å². The van der Waals surface area contributed by atoms with Crippen LogP contribution in [0.15, 0.2) is 85.1 Å². The lowest BCUT2D eigenvalue weighted by atomic mass is 9.97. The molecule has 3 rings (SSSR count). The lowest BCUT2D eigenvalue weighted by Crippen LogP contribution is -2.06. The summed E-state index contributed by atoms with van der Waals surface area (Å²) in [6.45, 7) is 0.511. The molecule has 0 spiro atoms. The average molecular weight is 314 g/mol. The fraction of sp³-hybridized carbons (Fsp3) is 0.0909. The van der Waals surface area contributed by atoms with Crippen LogP contribution in [-0.2, 0) is 0 Å². The van der Waals surface area contributed by atoms with Gasteiger partial charge in [0.25, 0.3) is 0 Å². The monoisotopic (exact) mass is 314 g/mol.